The van der Waals surface area contributed by atoms with Gasteiger partial charge in [-0.25, -0.2) is 13.1 Å². The van der Waals surface area contributed by atoms with E-state index in [9.17, 15) is 8.42 Å². The molecule has 108 valence electrons. The maximum atomic E-state index is 11.9. The molecule has 0 aliphatic rings. The van der Waals surface area contributed by atoms with Crippen molar-refractivity contribution in [2.75, 3.05) is 24.6 Å². The van der Waals surface area contributed by atoms with Crippen LogP contribution in [0.4, 0.5) is 11.4 Å². The van der Waals surface area contributed by atoms with Gasteiger partial charge in [-0.1, -0.05) is 0 Å². The molecule has 0 fully saturated rings. The Morgan fingerprint density at radius 1 is 1.30 bits per heavy atom. The Balaban J connectivity index is 2.15. The molecule has 0 aliphatic carbocycles. The van der Waals surface area contributed by atoms with Gasteiger partial charge in [-0.05, 0) is 37.4 Å². The van der Waals surface area contributed by atoms with Crippen molar-refractivity contribution in [2.45, 2.75) is 11.3 Å². The fourth-order valence-corrected chi connectivity index (χ4v) is 2.73. The number of anilines is 2. The summed E-state index contributed by atoms with van der Waals surface area (Å²) in [5.74, 6) is 0.839. The van der Waals surface area contributed by atoms with Crippen molar-refractivity contribution in [3.8, 4) is 0 Å². The first kappa shape index (κ1) is 14.4. The standard InChI is InChI=1S/C13H17N3O3S/c1-15-20(17,18)13-9-10(14)4-5-12(13)16-7-6-11-3-2-8-19-11/h2-5,8-9,15-16H,6-7,14H2,1H3. The lowest BCUT2D eigenvalue weighted by Gasteiger charge is -2.12. The molecule has 7 heteroatoms. The van der Waals surface area contributed by atoms with Gasteiger partial charge >= 0.3 is 0 Å². The first-order valence-corrected chi connectivity index (χ1v) is 7.60. The molecule has 0 bridgehead atoms. The monoisotopic (exact) mass is 295 g/mol. The van der Waals surface area contributed by atoms with E-state index in [-0.39, 0.29) is 4.90 Å². The van der Waals surface area contributed by atoms with E-state index in [1.807, 2.05) is 12.1 Å². The van der Waals surface area contributed by atoms with Gasteiger partial charge < -0.3 is 15.5 Å². The van der Waals surface area contributed by atoms with Crippen LogP contribution < -0.4 is 15.8 Å². The first-order chi connectivity index (χ1) is 9.53. The zero-order valence-electron chi connectivity index (χ0n) is 11.1. The van der Waals surface area contributed by atoms with Gasteiger partial charge in [0, 0.05) is 18.7 Å². The zero-order chi connectivity index (χ0) is 14.6. The summed E-state index contributed by atoms with van der Waals surface area (Å²) in [6.07, 6.45) is 2.27. The van der Waals surface area contributed by atoms with Crippen LogP contribution in [0.5, 0.6) is 0 Å². The molecule has 1 aromatic carbocycles. The summed E-state index contributed by atoms with van der Waals surface area (Å²) in [7, 11) is -2.19. The Labute approximate surface area is 118 Å². The predicted octanol–water partition coefficient (Wildman–Crippen LogP) is 1.42. The van der Waals surface area contributed by atoms with Crippen molar-refractivity contribution >= 4 is 21.4 Å². The molecular formula is C13H17N3O3S. The molecule has 0 saturated heterocycles. The fraction of sp³-hybridized carbons (Fsp3) is 0.231. The highest BCUT2D eigenvalue weighted by molar-refractivity contribution is 7.89. The third-order valence-corrected chi connectivity index (χ3v) is 4.29. The molecule has 20 heavy (non-hydrogen) atoms. The average molecular weight is 295 g/mol. The lowest BCUT2D eigenvalue weighted by atomic mass is 10.2. The van der Waals surface area contributed by atoms with E-state index in [0.29, 0.717) is 24.3 Å². The van der Waals surface area contributed by atoms with Crippen molar-refractivity contribution in [1.29, 1.82) is 0 Å². The van der Waals surface area contributed by atoms with Gasteiger partial charge in [0.05, 0.1) is 12.0 Å². The molecule has 0 spiro atoms. The molecule has 0 amide bonds. The molecule has 2 aromatic rings. The second kappa shape index (κ2) is 5.98. The lowest BCUT2D eigenvalue weighted by Crippen LogP contribution is -2.20. The number of furan rings is 1. The number of hydrogen-bond donors (Lipinski definition) is 3. The summed E-state index contributed by atoms with van der Waals surface area (Å²) in [6.45, 7) is 0.559. The molecular weight excluding hydrogens is 278 g/mol. The quantitative estimate of drug-likeness (QED) is 0.700. The van der Waals surface area contributed by atoms with E-state index in [1.54, 1.807) is 18.4 Å². The number of nitrogen functional groups attached to an aromatic ring is 1. The van der Waals surface area contributed by atoms with Gasteiger partial charge in [-0.15, -0.1) is 0 Å². The van der Waals surface area contributed by atoms with Crippen molar-refractivity contribution < 1.29 is 12.8 Å². The molecule has 0 radical (unpaired) electrons. The van der Waals surface area contributed by atoms with E-state index < -0.39 is 10.0 Å². The first-order valence-electron chi connectivity index (χ1n) is 6.12. The van der Waals surface area contributed by atoms with E-state index in [1.165, 1.54) is 13.1 Å². The highest BCUT2D eigenvalue weighted by Gasteiger charge is 2.16. The molecule has 4 N–H and O–H groups in total. The van der Waals surface area contributed by atoms with Crippen LogP contribution in [0.3, 0.4) is 0 Å². The molecule has 6 nitrogen and oxygen atoms in total. The highest BCUT2D eigenvalue weighted by atomic mass is 32.2. The van der Waals surface area contributed by atoms with Gasteiger partial charge in [-0.3, -0.25) is 0 Å². The van der Waals surface area contributed by atoms with Crippen LogP contribution in [-0.2, 0) is 16.4 Å². The SMILES string of the molecule is CNS(=O)(=O)c1cc(N)ccc1NCCc1ccco1. The minimum Gasteiger partial charge on any atom is -0.469 e. The van der Waals surface area contributed by atoms with Crippen LogP contribution in [0.15, 0.2) is 45.9 Å². The average Bonchev–Trinajstić information content (AvgIpc) is 2.93. The van der Waals surface area contributed by atoms with Crippen molar-refractivity contribution in [1.82, 2.24) is 4.72 Å². The Morgan fingerprint density at radius 3 is 2.75 bits per heavy atom. The molecule has 0 unspecified atom stereocenters. The maximum absolute atomic E-state index is 11.9. The van der Waals surface area contributed by atoms with Crippen LogP contribution in [0, 0.1) is 0 Å². The summed E-state index contributed by atoms with van der Waals surface area (Å²) in [6, 6.07) is 8.43. The highest BCUT2D eigenvalue weighted by Crippen LogP contribution is 2.23. The third kappa shape index (κ3) is 3.31. The van der Waals surface area contributed by atoms with Crippen molar-refractivity contribution in [3.05, 3.63) is 42.4 Å². The van der Waals surface area contributed by atoms with E-state index in [0.717, 1.165) is 5.76 Å². The van der Waals surface area contributed by atoms with Crippen molar-refractivity contribution in [3.63, 3.8) is 0 Å². The summed E-state index contributed by atoms with van der Waals surface area (Å²) >= 11 is 0. The number of nitrogens with two attached hydrogens (primary N) is 1. The molecule has 0 aliphatic heterocycles. The summed E-state index contributed by atoms with van der Waals surface area (Å²) in [5.41, 5.74) is 6.56. The van der Waals surface area contributed by atoms with Crippen LogP contribution in [0.2, 0.25) is 0 Å². The van der Waals surface area contributed by atoms with Gasteiger partial charge in [0.25, 0.3) is 0 Å². The van der Waals surface area contributed by atoms with E-state index in [4.69, 9.17) is 10.2 Å². The summed E-state index contributed by atoms with van der Waals surface area (Å²) in [4.78, 5) is 0.138. The Bertz CT molecular complexity index is 666. The maximum Gasteiger partial charge on any atom is 0.242 e. The molecule has 0 atom stereocenters. The Hall–Kier alpha value is -1.99. The smallest absolute Gasteiger partial charge is 0.242 e. The normalized spacial score (nSPS) is 11.4. The summed E-state index contributed by atoms with van der Waals surface area (Å²) in [5, 5.41) is 3.08. The van der Waals surface area contributed by atoms with Gasteiger partial charge in [-0.2, -0.15) is 0 Å². The van der Waals surface area contributed by atoms with Crippen LogP contribution in [-0.4, -0.2) is 22.0 Å². The summed E-state index contributed by atoms with van der Waals surface area (Å²) < 4.78 is 31.4. The van der Waals surface area contributed by atoms with Crippen LogP contribution in [0.1, 0.15) is 5.76 Å². The minimum atomic E-state index is -3.55. The minimum absolute atomic E-state index is 0.138. The van der Waals surface area contributed by atoms with Crippen LogP contribution >= 0.6 is 0 Å². The van der Waals surface area contributed by atoms with Gasteiger partial charge in [0.1, 0.15) is 10.7 Å². The van der Waals surface area contributed by atoms with Crippen LogP contribution in [0.25, 0.3) is 0 Å². The number of sulfonamides is 1. The van der Waals surface area contributed by atoms with E-state index >= 15 is 0 Å². The Kier molecular flexibility index (Phi) is 4.31. The second-order valence-electron chi connectivity index (χ2n) is 4.22. The fourth-order valence-electron chi connectivity index (χ4n) is 1.79. The zero-order valence-corrected chi connectivity index (χ0v) is 11.9. The molecule has 1 aromatic heterocycles. The Morgan fingerprint density at radius 2 is 2.10 bits per heavy atom. The number of rotatable bonds is 6. The van der Waals surface area contributed by atoms with Gasteiger partial charge in [0.15, 0.2) is 0 Å². The number of nitrogens with one attached hydrogen (secondary N) is 2. The number of hydrogen-bond acceptors (Lipinski definition) is 5. The largest absolute Gasteiger partial charge is 0.469 e. The second-order valence-corrected chi connectivity index (χ2v) is 6.07. The molecule has 1 heterocycles. The third-order valence-electron chi connectivity index (χ3n) is 2.83. The van der Waals surface area contributed by atoms with Gasteiger partial charge in [0.2, 0.25) is 10.0 Å². The predicted molar refractivity (Wildman–Crippen MR) is 78.0 cm³/mol. The van der Waals surface area contributed by atoms with E-state index in [2.05, 4.69) is 10.0 Å². The van der Waals surface area contributed by atoms with Crippen molar-refractivity contribution in [2.24, 2.45) is 0 Å². The topological polar surface area (TPSA) is 97.4 Å². The molecule has 0 saturated carbocycles. The molecule has 2 rings (SSSR count). The number of benzene rings is 1. The lowest BCUT2D eigenvalue weighted by molar-refractivity contribution is 0.513.